The molecule has 0 heterocycles. The van der Waals surface area contributed by atoms with Crippen LogP contribution in [0, 0.1) is 0 Å². The highest BCUT2D eigenvalue weighted by molar-refractivity contribution is 5.58. The van der Waals surface area contributed by atoms with E-state index in [0.717, 1.165) is 16.7 Å². The quantitative estimate of drug-likeness (QED) is 0.729. The molecule has 0 spiro atoms. The highest BCUT2D eigenvalue weighted by Gasteiger charge is 2.31. The van der Waals surface area contributed by atoms with E-state index >= 15 is 0 Å². The van der Waals surface area contributed by atoms with Crippen LogP contribution in [0.15, 0.2) is 71.9 Å². The number of aliphatic hydroxyl groups excluding tert-OH is 2. The van der Waals surface area contributed by atoms with Crippen LogP contribution in [0.2, 0.25) is 0 Å². The lowest BCUT2D eigenvalue weighted by molar-refractivity contribution is 0.0658. The Morgan fingerprint density at radius 3 is 1.91 bits per heavy atom. The van der Waals surface area contributed by atoms with Crippen LogP contribution in [0.5, 0.6) is 0 Å². The van der Waals surface area contributed by atoms with Gasteiger partial charge >= 0.3 is 0 Å². The summed E-state index contributed by atoms with van der Waals surface area (Å²) >= 11 is 0. The van der Waals surface area contributed by atoms with E-state index in [2.05, 4.69) is 13.2 Å². The summed E-state index contributed by atoms with van der Waals surface area (Å²) in [4.78, 5) is 0. The minimum Gasteiger partial charge on any atom is -0.385 e. The summed E-state index contributed by atoms with van der Waals surface area (Å²) in [5, 5.41) is 20.3. The molecule has 124 valence electrons. The third-order valence-electron chi connectivity index (χ3n) is 3.08. The molecule has 2 nitrogen and oxygen atoms in total. The molecule has 1 aliphatic rings. The maximum atomic E-state index is 10.2. The second-order valence-electron chi connectivity index (χ2n) is 4.12. The average molecular weight is 304 g/mol. The summed E-state index contributed by atoms with van der Waals surface area (Å²) in [7, 11) is 0. The standard InChI is InChI=1S/C16H20O2.2C2H6/c1-5-8-10-13-11(4)12(7-3)14(9-6-2)16(18)15(13)17;2*1-2/h5-10,15-18H,1-2H2,3-4H3;2*1-2H3/b10-8-,12-7-,14-9+;;. The first kappa shape index (κ1) is 22.6. The van der Waals surface area contributed by atoms with Gasteiger partial charge in [0.25, 0.3) is 0 Å². The van der Waals surface area contributed by atoms with Gasteiger partial charge in [-0.1, -0.05) is 77.3 Å². The van der Waals surface area contributed by atoms with Crippen LogP contribution in [0.4, 0.5) is 0 Å². The zero-order valence-corrected chi connectivity index (χ0v) is 14.9. The Bertz CT molecular complexity index is 462. The normalized spacial score (nSPS) is 24.5. The Balaban J connectivity index is 0. The largest absolute Gasteiger partial charge is 0.385 e. The van der Waals surface area contributed by atoms with Crippen molar-refractivity contribution < 1.29 is 10.2 Å². The van der Waals surface area contributed by atoms with Crippen molar-refractivity contribution >= 4 is 0 Å². The molecule has 0 aliphatic heterocycles. The van der Waals surface area contributed by atoms with Gasteiger partial charge in [0.05, 0.1) is 0 Å². The van der Waals surface area contributed by atoms with Gasteiger partial charge < -0.3 is 10.2 Å². The minimum atomic E-state index is -0.928. The fourth-order valence-electron chi connectivity index (χ4n) is 2.19. The molecule has 0 saturated heterocycles. The summed E-state index contributed by atoms with van der Waals surface area (Å²) in [5.74, 6) is 0. The monoisotopic (exact) mass is 304 g/mol. The Hall–Kier alpha value is -1.64. The van der Waals surface area contributed by atoms with E-state index in [1.807, 2.05) is 47.6 Å². The molecule has 0 fully saturated rings. The van der Waals surface area contributed by atoms with Crippen molar-refractivity contribution in [3.05, 3.63) is 71.9 Å². The van der Waals surface area contributed by atoms with E-state index in [4.69, 9.17) is 0 Å². The van der Waals surface area contributed by atoms with Crippen LogP contribution in [-0.4, -0.2) is 22.4 Å². The van der Waals surface area contributed by atoms with Crippen LogP contribution in [0.3, 0.4) is 0 Å². The van der Waals surface area contributed by atoms with E-state index in [1.54, 1.807) is 30.4 Å². The van der Waals surface area contributed by atoms with Crippen molar-refractivity contribution in [2.75, 3.05) is 0 Å². The molecule has 0 aromatic heterocycles. The molecule has 0 aromatic rings. The van der Waals surface area contributed by atoms with Crippen molar-refractivity contribution in [2.24, 2.45) is 0 Å². The van der Waals surface area contributed by atoms with Crippen LogP contribution >= 0.6 is 0 Å². The third kappa shape index (κ3) is 5.63. The molecule has 0 aromatic carbocycles. The summed E-state index contributed by atoms with van der Waals surface area (Å²) < 4.78 is 0. The zero-order chi connectivity index (χ0) is 17.7. The van der Waals surface area contributed by atoms with Crippen LogP contribution < -0.4 is 0 Å². The van der Waals surface area contributed by atoms with Crippen molar-refractivity contribution in [1.82, 2.24) is 0 Å². The smallest absolute Gasteiger partial charge is 0.110 e. The van der Waals surface area contributed by atoms with Crippen molar-refractivity contribution in [3.8, 4) is 0 Å². The van der Waals surface area contributed by atoms with Gasteiger partial charge in [0.1, 0.15) is 12.2 Å². The van der Waals surface area contributed by atoms with Crippen molar-refractivity contribution in [2.45, 2.75) is 53.8 Å². The Labute approximate surface area is 136 Å². The molecular formula is C20H32O2. The van der Waals surface area contributed by atoms with Crippen LogP contribution in [0.1, 0.15) is 41.5 Å². The molecular weight excluding hydrogens is 272 g/mol. The van der Waals surface area contributed by atoms with Crippen molar-refractivity contribution in [1.29, 1.82) is 0 Å². The van der Waals surface area contributed by atoms with Crippen molar-refractivity contribution in [3.63, 3.8) is 0 Å². The highest BCUT2D eigenvalue weighted by Crippen LogP contribution is 2.35. The predicted molar refractivity (Wildman–Crippen MR) is 98.8 cm³/mol. The van der Waals surface area contributed by atoms with Gasteiger partial charge in [-0.2, -0.15) is 0 Å². The second kappa shape index (κ2) is 13.1. The second-order valence-corrected chi connectivity index (χ2v) is 4.12. The SMILES string of the molecule is C=C/C=C\C1=C(C)C(=C/C)/C(=C\C=C)C(O)C1O.CC.CC. The van der Waals surface area contributed by atoms with E-state index in [1.165, 1.54) is 0 Å². The van der Waals surface area contributed by atoms with Gasteiger partial charge in [-0.05, 0) is 36.1 Å². The number of hydrogen-bond acceptors (Lipinski definition) is 2. The number of rotatable bonds is 3. The molecule has 2 N–H and O–H groups in total. The Morgan fingerprint density at radius 1 is 0.955 bits per heavy atom. The van der Waals surface area contributed by atoms with Gasteiger partial charge in [-0.3, -0.25) is 0 Å². The lowest BCUT2D eigenvalue weighted by Crippen LogP contribution is -2.34. The Morgan fingerprint density at radius 2 is 1.50 bits per heavy atom. The minimum absolute atomic E-state index is 0.702. The maximum absolute atomic E-state index is 10.2. The highest BCUT2D eigenvalue weighted by atomic mass is 16.3. The molecule has 22 heavy (non-hydrogen) atoms. The topological polar surface area (TPSA) is 40.5 Å². The van der Waals surface area contributed by atoms with Gasteiger partial charge in [-0.25, -0.2) is 0 Å². The lowest BCUT2D eigenvalue weighted by atomic mass is 9.80. The molecule has 1 rings (SSSR count). The Kier molecular flexibility index (Phi) is 13.4. The average Bonchev–Trinajstić information content (AvgIpc) is 2.56. The van der Waals surface area contributed by atoms with Gasteiger partial charge in [0, 0.05) is 0 Å². The molecule has 2 unspecified atom stereocenters. The molecule has 0 radical (unpaired) electrons. The first-order valence-electron chi connectivity index (χ1n) is 7.94. The maximum Gasteiger partial charge on any atom is 0.110 e. The molecule has 2 atom stereocenters. The van der Waals surface area contributed by atoms with E-state index in [0.29, 0.717) is 5.57 Å². The van der Waals surface area contributed by atoms with Crippen LogP contribution in [-0.2, 0) is 0 Å². The van der Waals surface area contributed by atoms with Gasteiger partial charge in [0.2, 0.25) is 0 Å². The van der Waals surface area contributed by atoms with Crippen LogP contribution in [0.25, 0.3) is 0 Å². The molecule has 0 saturated carbocycles. The lowest BCUT2D eigenvalue weighted by Gasteiger charge is -2.31. The molecule has 0 bridgehead atoms. The third-order valence-corrected chi connectivity index (χ3v) is 3.08. The summed E-state index contributed by atoms with van der Waals surface area (Å²) in [6.45, 7) is 19.1. The molecule has 1 aliphatic carbocycles. The number of allylic oxidation sites excluding steroid dienone is 6. The molecule has 0 amide bonds. The summed E-state index contributed by atoms with van der Waals surface area (Å²) in [6, 6.07) is 0. The van der Waals surface area contributed by atoms with E-state index in [9.17, 15) is 10.2 Å². The first-order valence-corrected chi connectivity index (χ1v) is 7.94. The predicted octanol–water partition coefficient (Wildman–Crippen LogP) is 4.89. The number of hydrogen-bond donors (Lipinski definition) is 2. The fraction of sp³-hybridized carbons (Fsp3) is 0.400. The first-order chi connectivity index (χ1) is 10.6. The van der Waals surface area contributed by atoms with E-state index in [-0.39, 0.29) is 0 Å². The number of aliphatic hydroxyl groups is 2. The summed E-state index contributed by atoms with van der Waals surface area (Å²) in [6.07, 6.45) is 8.62. The fourth-order valence-corrected chi connectivity index (χ4v) is 2.19. The van der Waals surface area contributed by atoms with E-state index < -0.39 is 12.2 Å². The summed E-state index contributed by atoms with van der Waals surface area (Å²) in [5.41, 5.74) is 3.32. The zero-order valence-electron chi connectivity index (χ0n) is 14.9. The molecule has 2 heteroatoms. The van der Waals surface area contributed by atoms with Gasteiger partial charge in [-0.15, -0.1) is 0 Å². The van der Waals surface area contributed by atoms with Gasteiger partial charge in [0.15, 0.2) is 0 Å².